The van der Waals surface area contributed by atoms with Gasteiger partial charge in [0, 0.05) is 23.5 Å². The average molecular weight is 275 g/mol. The third-order valence-corrected chi connectivity index (χ3v) is 3.53. The van der Waals surface area contributed by atoms with Crippen molar-refractivity contribution in [2.45, 2.75) is 25.5 Å². The lowest BCUT2D eigenvalue weighted by Gasteiger charge is -2.24. The van der Waals surface area contributed by atoms with Gasteiger partial charge in [0.15, 0.2) is 0 Å². The van der Waals surface area contributed by atoms with E-state index in [2.05, 4.69) is 5.32 Å². The van der Waals surface area contributed by atoms with Crippen LogP contribution in [0.5, 0.6) is 5.75 Å². The molecule has 4 nitrogen and oxygen atoms in total. The first-order valence-electron chi connectivity index (χ1n) is 6.72. The molecule has 0 aromatic heterocycles. The van der Waals surface area contributed by atoms with Crippen molar-refractivity contribution in [1.82, 2.24) is 5.32 Å². The number of rotatable bonds is 5. The third kappa shape index (κ3) is 3.10. The second-order valence-electron chi connectivity index (χ2n) is 5.48. The molecule has 2 aromatic rings. The van der Waals surface area contributed by atoms with Crippen molar-refractivity contribution < 1.29 is 15.3 Å². The van der Waals surface area contributed by atoms with Crippen molar-refractivity contribution in [2.75, 3.05) is 13.2 Å². The van der Waals surface area contributed by atoms with Crippen LogP contribution in [0.25, 0.3) is 10.8 Å². The molecule has 2 unspecified atom stereocenters. The summed E-state index contributed by atoms with van der Waals surface area (Å²) in [6.07, 6.45) is 0. The van der Waals surface area contributed by atoms with Gasteiger partial charge >= 0.3 is 0 Å². The SMILES string of the molecule is CC(NCC(C)(O)CO)c1ccc2ccccc2c1O. The zero-order valence-electron chi connectivity index (χ0n) is 11.8. The zero-order chi connectivity index (χ0) is 14.8. The van der Waals surface area contributed by atoms with Crippen LogP contribution in [0.2, 0.25) is 0 Å². The van der Waals surface area contributed by atoms with Gasteiger partial charge in [-0.3, -0.25) is 0 Å². The highest BCUT2D eigenvalue weighted by molar-refractivity contribution is 5.89. The van der Waals surface area contributed by atoms with E-state index in [0.29, 0.717) is 0 Å². The summed E-state index contributed by atoms with van der Waals surface area (Å²) >= 11 is 0. The number of fused-ring (bicyclic) bond motifs is 1. The standard InChI is InChI=1S/C16H21NO3/c1-11(17-9-16(2,20)10-18)13-8-7-12-5-3-4-6-14(12)15(13)19/h3-8,11,17-20H,9-10H2,1-2H3. The molecule has 20 heavy (non-hydrogen) atoms. The molecule has 108 valence electrons. The predicted octanol–water partition coefficient (Wildman–Crippen LogP) is 1.94. The summed E-state index contributed by atoms with van der Waals surface area (Å²) in [6, 6.07) is 11.4. The maximum atomic E-state index is 10.4. The van der Waals surface area contributed by atoms with Gasteiger partial charge in [-0.15, -0.1) is 0 Å². The van der Waals surface area contributed by atoms with Crippen LogP contribution < -0.4 is 5.32 Å². The first-order valence-corrected chi connectivity index (χ1v) is 6.72. The first kappa shape index (κ1) is 14.8. The van der Waals surface area contributed by atoms with Crippen molar-refractivity contribution in [3.8, 4) is 5.75 Å². The van der Waals surface area contributed by atoms with E-state index in [9.17, 15) is 10.2 Å². The lowest BCUT2D eigenvalue weighted by Crippen LogP contribution is -2.41. The predicted molar refractivity (Wildman–Crippen MR) is 79.7 cm³/mol. The number of aromatic hydroxyl groups is 1. The molecule has 2 rings (SSSR count). The lowest BCUT2D eigenvalue weighted by atomic mass is 10.00. The molecule has 2 aromatic carbocycles. The third-order valence-electron chi connectivity index (χ3n) is 3.53. The summed E-state index contributed by atoms with van der Waals surface area (Å²) in [4.78, 5) is 0. The van der Waals surface area contributed by atoms with E-state index in [1.54, 1.807) is 6.92 Å². The van der Waals surface area contributed by atoms with Gasteiger partial charge in [0.05, 0.1) is 12.2 Å². The molecular formula is C16H21NO3. The van der Waals surface area contributed by atoms with Crippen molar-refractivity contribution in [3.63, 3.8) is 0 Å². The van der Waals surface area contributed by atoms with Gasteiger partial charge in [0.25, 0.3) is 0 Å². The molecule has 0 aliphatic heterocycles. The van der Waals surface area contributed by atoms with Gasteiger partial charge in [0.2, 0.25) is 0 Å². The molecule has 0 aliphatic carbocycles. The monoisotopic (exact) mass is 275 g/mol. The molecule has 0 spiro atoms. The van der Waals surface area contributed by atoms with Crippen LogP contribution >= 0.6 is 0 Å². The van der Waals surface area contributed by atoms with Gasteiger partial charge in [-0.2, -0.15) is 0 Å². The van der Waals surface area contributed by atoms with Gasteiger partial charge in [-0.05, 0) is 19.2 Å². The highest BCUT2D eigenvalue weighted by atomic mass is 16.3. The maximum absolute atomic E-state index is 10.4. The van der Waals surface area contributed by atoms with E-state index in [1.807, 2.05) is 43.3 Å². The van der Waals surface area contributed by atoms with E-state index in [-0.39, 0.29) is 24.9 Å². The lowest BCUT2D eigenvalue weighted by molar-refractivity contribution is 0.00102. The van der Waals surface area contributed by atoms with Gasteiger partial charge in [0.1, 0.15) is 5.75 Å². The molecule has 0 heterocycles. The molecular weight excluding hydrogens is 254 g/mol. The highest BCUT2D eigenvalue weighted by Gasteiger charge is 2.21. The van der Waals surface area contributed by atoms with Gasteiger partial charge in [-0.1, -0.05) is 36.4 Å². The Labute approximate surface area is 118 Å². The average Bonchev–Trinajstić information content (AvgIpc) is 2.45. The number of hydrogen-bond acceptors (Lipinski definition) is 4. The molecule has 0 saturated carbocycles. The van der Waals surface area contributed by atoms with Crippen LogP contribution in [0, 0.1) is 0 Å². The van der Waals surface area contributed by atoms with Crippen molar-refractivity contribution >= 4 is 10.8 Å². The number of phenolic OH excluding ortho intramolecular Hbond substituents is 1. The molecule has 0 aliphatic rings. The topological polar surface area (TPSA) is 72.7 Å². The van der Waals surface area contributed by atoms with Crippen LogP contribution in [-0.2, 0) is 0 Å². The number of benzene rings is 2. The minimum atomic E-state index is -1.17. The van der Waals surface area contributed by atoms with Crippen LogP contribution in [0.1, 0.15) is 25.5 Å². The normalized spacial score (nSPS) is 16.0. The van der Waals surface area contributed by atoms with E-state index >= 15 is 0 Å². The summed E-state index contributed by atoms with van der Waals surface area (Å²) in [5, 5.41) is 34.1. The number of aliphatic hydroxyl groups is 2. The fraction of sp³-hybridized carbons (Fsp3) is 0.375. The van der Waals surface area contributed by atoms with E-state index in [1.165, 1.54) is 0 Å². The quantitative estimate of drug-likeness (QED) is 0.673. The Kier molecular flexibility index (Phi) is 4.28. The fourth-order valence-corrected chi connectivity index (χ4v) is 2.16. The zero-order valence-corrected chi connectivity index (χ0v) is 11.8. The summed E-state index contributed by atoms with van der Waals surface area (Å²) < 4.78 is 0. The molecule has 0 bridgehead atoms. The Hall–Kier alpha value is -1.62. The van der Waals surface area contributed by atoms with Gasteiger partial charge < -0.3 is 20.6 Å². The fourth-order valence-electron chi connectivity index (χ4n) is 2.16. The van der Waals surface area contributed by atoms with Crippen LogP contribution in [0.3, 0.4) is 0 Å². The highest BCUT2D eigenvalue weighted by Crippen LogP contribution is 2.32. The number of hydrogen-bond donors (Lipinski definition) is 4. The number of phenols is 1. The Balaban J connectivity index is 2.22. The largest absolute Gasteiger partial charge is 0.507 e. The Morgan fingerprint density at radius 3 is 2.60 bits per heavy atom. The number of nitrogens with one attached hydrogen (secondary N) is 1. The summed E-state index contributed by atoms with van der Waals surface area (Å²) in [5.41, 5.74) is -0.391. The second kappa shape index (κ2) is 5.79. The maximum Gasteiger partial charge on any atom is 0.128 e. The van der Waals surface area contributed by atoms with Gasteiger partial charge in [-0.25, -0.2) is 0 Å². The smallest absolute Gasteiger partial charge is 0.128 e. The Morgan fingerprint density at radius 2 is 1.90 bits per heavy atom. The molecule has 4 N–H and O–H groups in total. The van der Waals surface area contributed by atoms with Crippen molar-refractivity contribution in [3.05, 3.63) is 42.0 Å². The van der Waals surface area contributed by atoms with Crippen LogP contribution in [0.15, 0.2) is 36.4 Å². The molecule has 0 radical (unpaired) electrons. The molecule has 0 amide bonds. The molecule has 4 heteroatoms. The van der Waals surface area contributed by atoms with Crippen LogP contribution in [-0.4, -0.2) is 34.1 Å². The summed E-state index contributed by atoms with van der Waals surface area (Å²) in [6.45, 7) is 3.41. The van der Waals surface area contributed by atoms with Crippen LogP contribution in [0.4, 0.5) is 0 Å². The Bertz CT molecular complexity index is 595. The molecule has 2 atom stereocenters. The summed E-state index contributed by atoms with van der Waals surface area (Å²) in [5.74, 6) is 0.256. The second-order valence-corrected chi connectivity index (χ2v) is 5.48. The molecule has 0 saturated heterocycles. The Morgan fingerprint density at radius 1 is 1.20 bits per heavy atom. The minimum absolute atomic E-state index is 0.127. The first-order chi connectivity index (χ1) is 9.44. The van der Waals surface area contributed by atoms with Crippen molar-refractivity contribution in [1.29, 1.82) is 0 Å². The van der Waals surface area contributed by atoms with E-state index in [4.69, 9.17) is 5.11 Å². The van der Waals surface area contributed by atoms with Crippen molar-refractivity contribution in [2.24, 2.45) is 0 Å². The molecule has 0 fully saturated rings. The summed E-state index contributed by atoms with van der Waals surface area (Å²) in [7, 11) is 0. The number of aliphatic hydroxyl groups excluding tert-OH is 1. The van der Waals surface area contributed by atoms with E-state index < -0.39 is 5.60 Å². The minimum Gasteiger partial charge on any atom is -0.507 e. The van der Waals surface area contributed by atoms with E-state index in [0.717, 1.165) is 16.3 Å².